The van der Waals surface area contributed by atoms with Gasteiger partial charge in [-0.1, -0.05) is 30.3 Å². The standard InChI is InChI=1S/C22H31N3O2/c26-20(23-19-6-7-25(14-19)13-16-4-2-1-3-5-16)24-21-9-17-8-18(10-21)12-22(27,11-17)15-21/h1-5,17-19,27H,6-15H2,(H2,23,24,26). The highest BCUT2D eigenvalue weighted by Crippen LogP contribution is 2.57. The third-order valence-electron chi connectivity index (χ3n) is 7.27. The Morgan fingerprint density at radius 2 is 1.89 bits per heavy atom. The first-order valence-corrected chi connectivity index (χ1v) is 10.6. The van der Waals surface area contributed by atoms with Gasteiger partial charge < -0.3 is 15.7 Å². The molecule has 6 rings (SSSR count). The van der Waals surface area contributed by atoms with Crippen molar-refractivity contribution in [1.29, 1.82) is 0 Å². The maximum absolute atomic E-state index is 12.7. The molecule has 1 heterocycles. The summed E-state index contributed by atoms with van der Waals surface area (Å²) in [5.74, 6) is 1.17. The molecule has 5 aliphatic rings. The van der Waals surface area contributed by atoms with E-state index < -0.39 is 5.60 Å². The van der Waals surface area contributed by atoms with Gasteiger partial charge in [0.25, 0.3) is 0 Å². The fourth-order valence-corrected chi connectivity index (χ4v) is 6.76. The Hall–Kier alpha value is -1.59. The Bertz CT molecular complexity index is 693. The number of benzene rings is 1. The number of amides is 2. The normalized spacial score (nSPS) is 40.3. The average molecular weight is 370 g/mol. The Labute approximate surface area is 161 Å². The second-order valence-corrected chi connectivity index (χ2v) is 9.77. The lowest BCUT2D eigenvalue weighted by atomic mass is 9.51. The van der Waals surface area contributed by atoms with Gasteiger partial charge in [-0.2, -0.15) is 0 Å². The van der Waals surface area contributed by atoms with Crippen LogP contribution in [0.5, 0.6) is 0 Å². The summed E-state index contributed by atoms with van der Waals surface area (Å²) in [6.07, 6.45) is 6.95. The van der Waals surface area contributed by atoms with Crippen LogP contribution >= 0.6 is 0 Å². The van der Waals surface area contributed by atoms with E-state index in [2.05, 4.69) is 39.8 Å². The third-order valence-corrected chi connectivity index (χ3v) is 7.27. The van der Waals surface area contributed by atoms with Crippen LogP contribution in [-0.2, 0) is 6.54 Å². The maximum atomic E-state index is 12.7. The van der Waals surface area contributed by atoms with E-state index in [-0.39, 0.29) is 17.6 Å². The van der Waals surface area contributed by atoms with Crippen LogP contribution in [0.3, 0.4) is 0 Å². The minimum atomic E-state index is -0.531. The molecule has 3 atom stereocenters. The Balaban J connectivity index is 1.15. The van der Waals surface area contributed by atoms with Crippen molar-refractivity contribution in [3.05, 3.63) is 35.9 Å². The molecule has 0 aromatic heterocycles. The van der Waals surface area contributed by atoms with E-state index in [4.69, 9.17) is 0 Å². The summed E-state index contributed by atoms with van der Waals surface area (Å²) in [5, 5.41) is 17.4. The molecule has 5 heteroatoms. The number of hydrogen-bond acceptors (Lipinski definition) is 3. The fraction of sp³-hybridized carbons (Fsp3) is 0.682. The minimum Gasteiger partial charge on any atom is -0.390 e. The molecule has 4 bridgehead atoms. The molecule has 27 heavy (non-hydrogen) atoms. The second kappa shape index (κ2) is 6.49. The first-order valence-electron chi connectivity index (χ1n) is 10.6. The number of likely N-dealkylation sites (tertiary alicyclic amines) is 1. The van der Waals surface area contributed by atoms with Gasteiger partial charge in [-0.05, 0) is 62.3 Å². The number of hydrogen-bond donors (Lipinski definition) is 3. The summed E-state index contributed by atoms with van der Waals surface area (Å²) in [4.78, 5) is 15.1. The molecule has 4 saturated carbocycles. The van der Waals surface area contributed by atoms with Crippen molar-refractivity contribution in [1.82, 2.24) is 15.5 Å². The molecule has 2 amide bonds. The first kappa shape index (κ1) is 17.5. The molecule has 3 unspecified atom stereocenters. The average Bonchev–Trinajstić information content (AvgIpc) is 2.99. The lowest BCUT2D eigenvalue weighted by molar-refractivity contribution is -0.139. The van der Waals surface area contributed by atoms with Gasteiger partial charge in [0.2, 0.25) is 0 Å². The number of carbonyl (C=O) groups is 1. The summed E-state index contributed by atoms with van der Waals surface area (Å²) in [5.41, 5.74) is 0.618. The van der Waals surface area contributed by atoms with Crippen molar-refractivity contribution < 1.29 is 9.90 Å². The second-order valence-electron chi connectivity index (χ2n) is 9.77. The summed E-state index contributed by atoms with van der Waals surface area (Å²) in [7, 11) is 0. The van der Waals surface area contributed by atoms with Crippen LogP contribution in [0, 0.1) is 11.8 Å². The maximum Gasteiger partial charge on any atom is 0.315 e. The molecule has 146 valence electrons. The molecule has 0 spiro atoms. The van der Waals surface area contributed by atoms with Crippen LogP contribution in [0.2, 0.25) is 0 Å². The smallest absolute Gasteiger partial charge is 0.315 e. The minimum absolute atomic E-state index is 0.0351. The quantitative estimate of drug-likeness (QED) is 0.764. The Morgan fingerprint density at radius 3 is 2.59 bits per heavy atom. The van der Waals surface area contributed by atoms with Crippen molar-refractivity contribution in [3.8, 4) is 0 Å². The monoisotopic (exact) mass is 369 g/mol. The van der Waals surface area contributed by atoms with E-state index in [1.165, 1.54) is 12.0 Å². The van der Waals surface area contributed by atoms with E-state index in [1.54, 1.807) is 0 Å². The summed E-state index contributed by atoms with van der Waals surface area (Å²) in [6, 6.07) is 10.7. The van der Waals surface area contributed by atoms with Crippen LogP contribution in [0.25, 0.3) is 0 Å². The van der Waals surface area contributed by atoms with Crippen molar-refractivity contribution in [3.63, 3.8) is 0 Å². The van der Waals surface area contributed by atoms with Crippen molar-refractivity contribution in [2.45, 2.75) is 68.7 Å². The molecule has 4 aliphatic carbocycles. The van der Waals surface area contributed by atoms with Gasteiger partial charge >= 0.3 is 6.03 Å². The first-order chi connectivity index (χ1) is 13.0. The largest absolute Gasteiger partial charge is 0.390 e. The molecule has 1 aromatic carbocycles. The molecule has 5 fully saturated rings. The molecule has 3 N–H and O–H groups in total. The lowest BCUT2D eigenvalue weighted by Gasteiger charge is -2.60. The molecule has 1 aromatic rings. The molecule has 1 aliphatic heterocycles. The molecular formula is C22H31N3O2. The molecule has 5 nitrogen and oxygen atoms in total. The predicted octanol–water partition coefficient (Wildman–Crippen LogP) is 2.64. The number of urea groups is 1. The fourth-order valence-electron chi connectivity index (χ4n) is 6.76. The Kier molecular flexibility index (Phi) is 4.21. The Morgan fingerprint density at radius 1 is 1.15 bits per heavy atom. The van der Waals surface area contributed by atoms with Gasteiger partial charge in [0, 0.05) is 31.2 Å². The third kappa shape index (κ3) is 3.59. The topological polar surface area (TPSA) is 64.6 Å². The van der Waals surface area contributed by atoms with Crippen molar-refractivity contribution in [2.75, 3.05) is 13.1 Å². The van der Waals surface area contributed by atoms with Crippen LogP contribution in [-0.4, -0.2) is 46.3 Å². The molecule has 0 radical (unpaired) electrons. The number of rotatable bonds is 4. The predicted molar refractivity (Wildman–Crippen MR) is 104 cm³/mol. The zero-order chi connectivity index (χ0) is 18.5. The van der Waals surface area contributed by atoms with E-state index >= 15 is 0 Å². The number of aliphatic hydroxyl groups is 1. The highest BCUT2D eigenvalue weighted by atomic mass is 16.3. The van der Waals surface area contributed by atoms with Crippen LogP contribution in [0.15, 0.2) is 30.3 Å². The van der Waals surface area contributed by atoms with Gasteiger partial charge in [-0.15, -0.1) is 0 Å². The number of carbonyl (C=O) groups excluding carboxylic acids is 1. The highest BCUT2D eigenvalue weighted by Gasteiger charge is 2.57. The van der Waals surface area contributed by atoms with Crippen LogP contribution < -0.4 is 10.6 Å². The van der Waals surface area contributed by atoms with E-state index in [1.807, 2.05) is 6.07 Å². The number of nitrogens with one attached hydrogen (secondary N) is 2. The molecular weight excluding hydrogens is 338 g/mol. The zero-order valence-electron chi connectivity index (χ0n) is 16.0. The highest BCUT2D eigenvalue weighted by molar-refractivity contribution is 5.75. The van der Waals surface area contributed by atoms with Crippen molar-refractivity contribution >= 4 is 6.03 Å². The van der Waals surface area contributed by atoms with Crippen LogP contribution in [0.4, 0.5) is 4.79 Å². The summed E-state index contributed by atoms with van der Waals surface area (Å²) >= 11 is 0. The van der Waals surface area contributed by atoms with Gasteiger partial charge in [0.15, 0.2) is 0 Å². The van der Waals surface area contributed by atoms with E-state index in [0.717, 1.165) is 58.2 Å². The SMILES string of the molecule is O=C(NC1CCN(Cc2ccccc2)C1)NC12CC3CC(CC(O)(C3)C1)C2. The summed E-state index contributed by atoms with van der Waals surface area (Å²) < 4.78 is 0. The van der Waals surface area contributed by atoms with E-state index in [9.17, 15) is 9.90 Å². The van der Waals surface area contributed by atoms with E-state index in [0.29, 0.717) is 11.8 Å². The number of nitrogens with zero attached hydrogens (tertiary/aromatic N) is 1. The summed E-state index contributed by atoms with van der Waals surface area (Å²) in [6.45, 7) is 2.88. The van der Waals surface area contributed by atoms with Crippen LogP contribution in [0.1, 0.15) is 50.5 Å². The zero-order valence-corrected chi connectivity index (χ0v) is 16.0. The van der Waals surface area contributed by atoms with Gasteiger partial charge in [0.05, 0.1) is 5.60 Å². The van der Waals surface area contributed by atoms with Crippen molar-refractivity contribution in [2.24, 2.45) is 11.8 Å². The van der Waals surface area contributed by atoms with Gasteiger partial charge in [0.1, 0.15) is 0 Å². The van der Waals surface area contributed by atoms with Gasteiger partial charge in [-0.25, -0.2) is 4.79 Å². The van der Waals surface area contributed by atoms with Gasteiger partial charge in [-0.3, -0.25) is 4.90 Å². The molecule has 1 saturated heterocycles. The lowest BCUT2D eigenvalue weighted by Crippen LogP contribution is -2.66.